The second kappa shape index (κ2) is 6.01. The van der Waals surface area contributed by atoms with Gasteiger partial charge in [0.15, 0.2) is 5.13 Å². The number of nitrogens with zero attached hydrogens (tertiary/aromatic N) is 3. The SMILES string of the molecule is O=S(=O)(c1cc(CO)cs1)N1CCN(c2nccs2)CC1. The van der Waals surface area contributed by atoms with E-state index in [9.17, 15) is 8.42 Å². The molecule has 21 heavy (non-hydrogen) atoms. The summed E-state index contributed by atoms with van der Waals surface area (Å²) in [5.41, 5.74) is 0.639. The average molecular weight is 345 g/mol. The maximum atomic E-state index is 12.5. The lowest BCUT2D eigenvalue weighted by atomic mass is 10.4. The van der Waals surface area contributed by atoms with Crippen molar-refractivity contribution in [3.63, 3.8) is 0 Å². The quantitative estimate of drug-likeness (QED) is 0.902. The zero-order valence-corrected chi connectivity index (χ0v) is 13.6. The third kappa shape index (κ3) is 2.97. The van der Waals surface area contributed by atoms with Crippen molar-refractivity contribution in [3.8, 4) is 0 Å². The van der Waals surface area contributed by atoms with Crippen molar-refractivity contribution < 1.29 is 13.5 Å². The van der Waals surface area contributed by atoms with Crippen LogP contribution in [0.1, 0.15) is 5.56 Å². The molecule has 0 atom stereocenters. The van der Waals surface area contributed by atoms with Gasteiger partial charge in [0, 0.05) is 37.8 Å². The number of thiazole rings is 1. The van der Waals surface area contributed by atoms with Crippen molar-refractivity contribution in [1.29, 1.82) is 0 Å². The van der Waals surface area contributed by atoms with E-state index in [1.807, 2.05) is 5.38 Å². The number of piperazine rings is 1. The summed E-state index contributed by atoms with van der Waals surface area (Å²) < 4.78 is 26.9. The second-order valence-electron chi connectivity index (χ2n) is 4.64. The van der Waals surface area contributed by atoms with E-state index in [1.54, 1.807) is 29.0 Å². The maximum Gasteiger partial charge on any atom is 0.252 e. The van der Waals surface area contributed by atoms with Gasteiger partial charge in [0.1, 0.15) is 4.21 Å². The van der Waals surface area contributed by atoms with E-state index in [1.165, 1.54) is 4.31 Å². The van der Waals surface area contributed by atoms with E-state index in [0.717, 1.165) is 16.5 Å². The maximum absolute atomic E-state index is 12.5. The molecule has 0 unspecified atom stereocenters. The lowest BCUT2D eigenvalue weighted by Crippen LogP contribution is -2.48. The first-order valence-electron chi connectivity index (χ1n) is 6.44. The van der Waals surface area contributed by atoms with Gasteiger partial charge in [-0.15, -0.1) is 22.7 Å². The Labute approximate surface area is 131 Å². The van der Waals surface area contributed by atoms with Gasteiger partial charge in [-0.3, -0.25) is 0 Å². The molecule has 3 rings (SSSR count). The molecule has 0 aliphatic carbocycles. The normalized spacial score (nSPS) is 17.3. The Kier molecular flexibility index (Phi) is 4.27. The molecule has 1 saturated heterocycles. The first-order chi connectivity index (χ1) is 10.1. The average Bonchev–Trinajstić information content (AvgIpc) is 3.19. The van der Waals surface area contributed by atoms with Crippen LogP contribution in [-0.2, 0) is 16.6 Å². The first kappa shape index (κ1) is 14.9. The topological polar surface area (TPSA) is 73.7 Å². The molecule has 2 aromatic rings. The van der Waals surface area contributed by atoms with Crippen LogP contribution in [0.5, 0.6) is 0 Å². The van der Waals surface area contributed by atoms with Crippen molar-refractivity contribution in [2.24, 2.45) is 0 Å². The zero-order valence-electron chi connectivity index (χ0n) is 11.2. The Bertz CT molecular complexity index is 688. The molecule has 0 bridgehead atoms. The van der Waals surface area contributed by atoms with Gasteiger partial charge >= 0.3 is 0 Å². The highest BCUT2D eigenvalue weighted by Gasteiger charge is 2.30. The summed E-state index contributed by atoms with van der Waals surface area (Å²) in [4.78, 5) is 6.35. The lowest BCUT2D eigenvalue weighted by molar-refractivity contribution is 0.282. The molecule has 114 valence electrons. The van der Waals surface area contributed by atoms with Crippen molar-refractivity contribution in [1.82, 2.24) is 9.29 Å². The molecule has 0 radical (unpaired) electrons. The van der Waals surface area contributed by atoms with E-state index in [0.29, 0.717) is 36.0 Å². The number of anilines is 1. The van der Waals surface area contributed by atoms with E-state index in [4.69, 9.17) is 5.11 Å². The highest BCUT2D eigenvalue weighted by atomic mass is 32.2. The number of hydrogen-bond acceptors (Lipinski definition) is 7. The number of rotatable bonds is 4. The van der Waals surface area contributed by atoms with Gasteiger partial charge in [-0.1, -0.05) is 0 Å². The predicted octanol–water partition coefficient (Wildman–Crippen LogP) is 1.21. The minimum Gasteiger partial charge on any atom is -0.392 e. The Morgan fingerprint density at radius 2 is 2.00 bits per heavy atom. The van der Waals surface area contributed by atoms with Crippen LogP contribution in [0.15, 0.2) is 27.2 Å². The van der Waals surface area contributed by atoms with Crippen molar-refractivity contribution in [2.75, 3.05) is 31.1 Å². The van der Waals surface area contributed by atoms with Crippen LogP contribution in [0, 0.1) is 0 Å². The number of aliphatic hydroxyl groups excluding tert-OH is 1. The van der Waals surface area contributed by atoms with Gasteiger partial charge in [-0.25, -0.2) is 13.4 Å². The smallest absolute Gasteiger partial charge is 0.252 e. The molecule has 9 heteroatoms. The van der Waals surface area contributed by atoms with Gasteiger partial charge in [0.25, 0.3) is 10.0 Å². The van der Waals surface area contributed by atoms with Gasteiger partial charge < -0.3 is 10.0 Å². The van der Waals surface area contributed by atoms with Crippen LogP contribution in [-0.4, -0.2) is 49.0 Å². The molecule has 1 fully saturated rings. The van der Waals surface area contributed by atoms with Crippen LogP contribution in [0.4, 0.5) is 5.13 Å². The van der Waals surface area contributed by atoms with Crippen LogP contribution >= 0.6 is 22.7 Å². The van der Waals surface area contributed by atoms with Gasteiger partial charge in [0.2, 0.25) is 0 Å². The summed E-state index contributed by atoms with van der Waals surface area (Å²) in [7, 11) is -3.45. The molecular formula is C12H15N3O3S3. The summed E-state index contributed by atoms with van der Waals surface area (Å²) >= 11 is 2.72. The highest BCUT2D eigenvalue weighted by molar-refractivity contribution is 7.91. The van der Waals surface area contributed by atoms with Gasteiger partial charge in [-0.05, 0) is 17.0 Å². The van der Waals surface area contributed by atoms with Crippen molar-refractivity contribution in [2.45, 2.75) is 10.8 Å². The Morgan fingerprint density at radius 1 is 1.24 bits per heavy atom. The third-order valence-corrected chi connectivity index (χ3v) is 7.53. The molecule has 0 aromatic carbocycles. The van der Waals surface area contributed by atoms with Crippen molar-refractivity contribution in [3.05, 3.63) is 28.6 Å². The van der Waals surface area contributed by atoms with Crippen LogP contribution in [0.3, 0.4) is 0 Å². The Balaban J connectivity index is 1.71. The molecule has 1 aliphatic rings. The fraction of sp³-hybridized carbons (Fsp3) is 0.417. The summed E-state index contributed by atoms with van der Waals surface area (Å²) in [5.74, 6) is 0. The molecule has 1 N–H and O–H groups in total. The molecule has 2 aromatic heterocycles. The predicted molar refractivity (Wildman–Crippen MR) is 83.3 cm³/mol. The van der Waals surface area contributed by atoms with E-state index in [-0.39, 0.29) is 6.61 Å². The van der Waals surface area contributed by atoms with Gasteiger partial charge in [0.05, 0.1) is 6.61 Å². The molecule has 1 aliphatic heterocycles. The Morgan fingerprint density at radius 3 is 2.57 bits per heavy atom. The number of aromatic nitrogens is 1. The fourth-order valence-corrected chi connectivity index (χ4v) is 5.66. The first-order valence-corrected chi connectivity index (χ1v) is 9.64. The molecular weight excluding hydrogens is 330 g/mol. The highest BCUT2D eigenvalue weighted by Crippen LogP contribution is 2.26. The second-order valence-corrected chi connectivity index (χ2v) is 8.59. The van der Waals surface area contributed by atoms with Crippen LogP contribution < -0.4 is 4.90 Å². The summed E-state index contributed by atoms with van der Waals surface area (Å²) in [6.45, 7) is 2.06. The third-order valence-electron chi connectivity index (χ3n) is 3.33. The molecule has 0 spiro atoms. The van der Waals surface area contributed by atoms with E-state index >= 15 is 0 Å². The lowest BCUT2D eigenvalue weighted by Gasteiger charge is -2.33. The van der Waals surface area contributed by atoms with E-state index < -0.39 is 10.0 Å². The standard InChI is InChI=1S/C12H15N3O3S3/c16-8-10-7-11(20-9-10)21(17,18)15-4-2-14(3-5-15)12-13-1-6-19-12/h1,6-7,9,16H,2-5,8H2. The number of sulfonamides is 1. The van der Waals surface area contributed by atoms with Crippen LogP contribution in [0.25, 0.3) is 0 Å². The largest absolute Gasteiger partial charge is 0.392 e. The summed E-state index contributed by atoms with van der Waals surface area (Å²) in [6, 6.07) is 1.55. The number of aliphatic hydroxyl groups is 1. The summed E-state index contributed by atoms with van der Waals surface area (Å²) in [6.07, 6.45) is 1.76. The Hall–Kier alpha value is -1.00. The summed E-state index contributed by atoms with van der Waals surface area (Å²) in [5, 5.41) is 13.6. The number of hydrogen-bond donors (Lipinski definition) is 1. The zero-order chi connectivity index (χ0) is 14.9. The minimum absolute atomic E-state index is 0.135. The monoisotopic (exact) mass is 345 g/mol. The van der Waals surface area contributed by atoms with Crippen LogP contribution in [0.2, 0.25) is 0 Å². The minimum atomic E-state index is -3.45. The van der Waals surface area contributed by atoms with Crippen molar-refractivity contribution >= 4 is 37.8 Å². The molecule has 6 nitrogen and oxygen atoms in total. The fourth-order valence-electron chi connectivity index (χ4n) is 2.19. The van der Waals surface area contributed by atoms with Gasteiger partial charge in [-0.2, -0.15) is 4.31 Å². The molecule has 0 saturated carbocycles. The van der Waals surface area contributed by atoms with E-state index in [2.05, 4.69) is 9.88 Å². The molecule has 0 amide bonds. The number of thiophene rings is 1. The molecule has 3 heterocycles.